The first-order valence-electron chi connectivity index (χ1n) is 8.08. The summed E-state index contributed by atoms with van der Waals surface area (Å²) < 4.78 is 0. The largest absolute Gasteiger partial charge is 0.360 e. The normalized spacial score (nSPS) is 11.2. The van der Waals surface area contributed by atoms with Crippen LogP contribution in [0.5, 0.6) is 0 Å². The molecule has 0 radical (unpaired) electrons. The molecule has 0 unspecified atom stereocenters. The van der Waals surface area contributed by atoms with E-state index < -0.39 is 0 Å². The van der Waals surface area contributed by atoms with Crippen LogP contribution in [0.2, 0.25) is 10.0 Å². The molecular weight excluding hydrogens is 369 g/mol. The lowest BCUT2D eigenvalue weighted by molar-refractivity contribution is -0.129. The number of nitriles is 1. The van der Waals surface area contributed by atoms with Gasteiger partial charge >= 0.3 is 0 Å². The Morgan fingerprint density at radius 3 is 2.35 bits per heavy atom. The Kier molecular flexibility index (Phi) is 7.08. The van der Waals surface area contributed by atoms with E-state index in [1.165, 1.54) is 6.20 Å². The van der Waals surface area contributed by atoms with E-state index in [-0.39, 0.29) is 17.5 Å². The Morgan fingerprint density at radius 1 is 1.19 bits per heavy atom. The standard InChI is InChI=1S/C20H19Cl2N3O/c1-14(2)25(13-15-6-4-3-5-7-15)20(26)16(11-23)12-24-19-9-17(21)8-18(22)10-19/h3-10,12,14,24H,13H2,1-2H3/b16-12-. The van der Waals surface area contributed by atoms with Crippen molar-refractivity contribution in [3.63, 3.8) is 0 Å². The maximum absolute atomic E-state index is 12.8. The molecule has 0 bridgehead atoms. The molecule has 2 aromatic carbocycles. The van der Waals surface area contributed by atoms with Gasteiger partial charge in [0, 0.05) is 34.5 Å². The monoisotopic (exact) mass is 387 g/mol. The number of nitrogens with one attached hydrogen (secondary N) is 1. The molecule has 1 N–H and O–H groups in total. The second kappa shape index (κ2) is 9.28. The molecule has 26 heavy (non-hydrogen) atoms. The van der Waals surface area contributed by atoms with Gasteiger partial charge in [0.05, 0.1) is 0 Å². The first kappa shape index (κ1) is 19.8. The molecule has 0 aliphatic heterocycles. The molecule has 2 rings (SSSR count). The van der Waals surface area contributed by atoms with Crippen molar-refractivity contribution in [2.45, 2.75) is 26.4 Å². The fourth-order valence-electron chi connectivity index (χ4n) is 2.36. The second-order valence-electron chi connectivity index (χ2n) is 5.98. The number of benzene rings is 2. The first-order chi connectivity index (χ1) is 12.4. The molecule has 2 aromatic rings. The number of nitrogens with zero attached hydrogens (tertiary/aromatic N) is 2. The van der Waals surface area contributed by atoms with Gasteiger partial charge in [-0.05, 0) is 37.6 Å². The molecule has 1 amide bonds. The summed E-state index contributed by atoms with van der Waals surface area (Å²) in [5.74, 6) is -0.341. The number of halogens is 2. The minimum absolute atomic E-state index is 0.00530. The number of amides is 1. The van der Waals surface area contributed by atoms with Gasteiger partial charge in [0.25, 0.3) is 5.91 Å². The molecule has 0 fully saturated rings. The molecule has 0 aliphatic rings. The number of hydrogen-bond donors (Lipinski definition) is 1. The molecule has 4 nitrogen and oxygen atoms in total. The van der Waals surface area contributed by atoms with E-state index in [1.807, 2.05) is 50.2 Å². The molecular formula is C20H19Cl2N3O. The molecule has 0 aromatic heterocycles. The van der Waals surface area contributed by atoms with Gasteiger partial charge in [-0.3, -0.25) is 4.79 Å². The summed E-state index contributed by atoms with van der Waals surface area (Å²) in [5.41, 5.74) is 1.61. The summed E-state index contributed by atoms with van der Waals surface area (Å²) in [6, 6.07) is 16.5. The molecule has 0 atom stereocenters. The molecule has 0 aliphatic carbocycles. The van der Waals surface area contributed by atoms with Crippen LogP contribution in [0.25, 0.3) is 0 Å². The molecule has 0 saturated carbocycles. The van der Waals surface area contributed by atoms with Gasteiger partial charge in [-0.15, -0.1) is 0 Å². The van der Waals surface area contributed by atoms with Crippen LogP contribution < -0.4 is 5.32 Å². The van der Waals surface area contributed by atoms with Crippen LogP contribution in [0, 0.1) is 11.3 Å². The third-order valence-electron chi connectivity index (χ3n) is 3.68. The maximum Gasteiger partial charge on any atom is 0.266 e. The van der Waals surface area contributed by atoms with Gasteiger partial charge in [0.2, 0.25) is 0 Å². The van der Waals surface area contributed by atoms with Gasteiger partial charge in [-0.1, -0.05) is 53.5 Å². The lowest BCUT2D eigenvalue weighted by atomic mass is 10.1. The van der Waals surface area contributed by atoms with Crippen LogP contribution in [0.15, 0.2) is 60.3 Å². The maximum atomic E-state index is 12.8. The minimum atomic E-state index is -0.341. The Morgan fingerprint density at radius 2 is 1.81 bits per heavy atom. The van der Waals surface area contributed by atoms with Gasteiger partial charge in [-0.25, -0.2) is 0 Å². The Labute approximate surface area is 163 Å². The molecule has 134 valence electrons. The zero-order valence-electron chi connectivity index (χ0n) is 14.5. The SMILES string of the molecule is CC(C)N(Cc1ccccc1)C(=O)/C(C#N)=C\Nc1cc(Cl)cc(Cl)c1. The zero-order chi connectivity index (χ0) is 19.1. The number of carbonyl (C=O) groups is 1. The summed E-state index contributed by atoms with van der Waals surface area (Å²) in [5, 5.41) is 13.3. The van der Waals surface area contributed by atoms with Crippen molar-refractivity contribution in [1.29, 1.82) is 5.26 Å². The Balaban J connectivity index is 2.20. The van der Waals surface area contributed by atoms with Crippen molar-refractivity contribution < 1.29 is 4.79 Å². The molecule has 0 heterocycles. The van der Waals surface area contributed by atoms with Crippen LogP contribution in [0.4, 0.5) is 5.69 Å². The first-order valence-corrected chi connectivity index (χ1v) is 8.84. The summed E-state index contributed by atoms with van der Waals surface area (Å²) in [4.78, 5) is 14.5. The van der Waals surface area contributed by atoms with E-state index in [4.69, 9.17) is 23.2 Å². The molecule has 0 spiro atoms. The van der Waals surface area contributed by atoms with Crippen LogP contribution in [0.3, 0.4) is 0 Å². The van der Waals surface area contributed by atoms with Crippen molar-refractivity contribution >= 4 is 34.8 Å². The molecule has 6 heteroatoms. The van der Waals surface area contributed by atoms with E-state index in [9.17, 15) is 10.1 Å². The van der Waals surface area contributed by atoms with E-state index in [0.717, 1.165) is 5.56 Å². The van der Waals surface area contributed by atoms with E-state index in [0.29, 0.717) is 22.3 Å². The van der Waals surface area contributed by atoms with E-state index in [2.05, 4.69) is 5.32 Å². The number of hydrogen-bond acceptors (Lipinski definition) is 3. The molecule has 0 saturated heterocycles. The predicted octanol–water partition coefficient (Wildman–Crippen LogP) is 5.25. The van der Waals surface area contributed by atoms with Gasteiger partial charge < -0.3 is 10.2 Å². The van der Waals surface area contributed by atoms with Crippen LogP contribution >= 0.6 is 23.2 Å². The fraction of sp³-hybridized carbons (Fsp3) is 0.200. The highest BCUT2D eigenvalue weighted by Gasteiger charge is 2.21. The lowest BCUT2D eigenvalue weighted by Gasteiger charge is -2.26. The average molecular weight is 388 g/mol. The average Bonchev–Trinajstić information content (AvgIpc) is 2.60. The summed E-state index contributed by atoms with van der Waals surface area (Å²) >= 11 is 11.9. The highest BCUT2D eigenvalue weighted by atomic mass is 35.5. The zero-order valence-corrected chi connectivity index (χ0v) is 16.1. The second-order valence-corrected chi connectivity index (χ2v) is 6.86. The van der Waals surface area contributed by atoms with Crippen LogP contribution in [-0.4, -0.2) is 16.8 Å². The highest BCUT2D eigenvalue weighted by molar-refractivity contribution is 6.35. The number of anilines is 1. The quantitative estimate of drug-likeness (QED) is 0.543. The highest BCUT2D eigenvalue weighted by Crippen LogP contribution is 2.22. The van der Waals surface area contributed by atoms with Gasteiger partial charge in [0.1, 0.15) is 11.6 Å². The Bertz CT molecular complexity index is 822. The van der Waals surface area contributed by atoms with E-state index in [1.54, 1.807) is 23.1 Å². The van der Waals surface area contributed by atoms with Crippen molar-refractivity contribution in [1.82, 2.24) is 4.90 Å². The lowest BCUT2D eigenvalue weighted by Crippen LogP contribution is -2.37. The van der Waals surface area contributed by atoms with Crippen LogP contribution in [0.1, 0.15) is 19.4 Å². The van der Waals surface area contributed by atoms with Crippen molar-refractivity contribution in [2.75, 3.05) is 5.32 Å². The topological polar surface area (TPSA) is 56.1 Å². The van der Waals surface area contributed by atoms with Crippen molar-refractivity contribution in [2.24, 2.45) is 0 Å². The minimum Gasteiger partial charge on any atom is -0.360 e. The number of carbonyl (C=O) groups excluding carboxylic acids is 1. The predicted molar refractivity (Wildman–Crippen MR) is 106 cm³/mol. The summed E-state index contributed by atoms with van der Waals surface area (Å²) in [6.45, 7) is 4.26. The number of rotatable bonds is 6. The Hall–Kier alpha value is -2.48. The van der Waals surface area contributed by atoms with Gasteiger partial charge in [0.15, 0.2) is 0 Å². The smallest absolute Gasteiger partial charge is 0.266 e. The van der Waals surface area contributed by atoms with Gasteiger partial charge in [-0.2, -0.15) is 5.26 Å². The van der Waals surface area contributed by atoms with Crippen LogP contribution in [-0.2, 0) is 11.3 Å². The fourth-order valence-corrected chi connectivity index (χ4v) is 2.88. The third kappa shape index (κ3) is 5.52. The van der Waals surface area contributed by atoms with Crippen molar-refractivity contribution in [3.05, 3.63) is 75.9 Å². The van der Waals surface area contributed by atoms with E-state index >= 15 is 0 Å². The van der Waals surface area contributed by atoms with Crippen molar-refractivity contribution in [3.8, 4) is 6.07 Å². The summed E-state index contributed by atoms with van der Waals surface area (Å²) in [6.07, 6.45) is 1.38. The summed E-state index contributed by atoms with van der Waals surface area (Å²) in [7, 11) is 0. The third-order valence-corrected chi connectivity index (χ3v) is 4.11.